The molecule has 0 amide bonds. The molecule has 0 atom stereocenters. The number of aryl methyl sites for hydroxylation is 1. The number of hydrogen-bond donors (Lipinski definition) is 1. The summed E-state index contributed by atoms with van der Waals surface area (Å²) in [5, 5.41) is 13.1. The largest absolute Gasteiger partial charge is 0.486 e. The maximum absolute atomic E-state index is 11.1. The van der Waals surface area contributed by atoms with E-state index in [1.807, 2.05) is 12.1 Å². The van der Waals surface area contributed by atoms with Gasteiger partial charge in [-0.05, 0) is 12.1 Å². The van der Waals surface area contributed by atoms with E-state index in [2.05, 4.69) is 5.10 Å². The third kappa shape index (κ3) is 2.39. The predicted molar refractivity (Wildman–Crippen MR) is 77.3 cm³/mol. The summed E-state index contributed by atoms with van der Waals surface area (Å²) in [6.45, 7) is 1.33. The van der Waals surface area contributed by atoms with E-state index in [1.54, 1.807) is 14.2 Å². The van der Waals surface area contributed by atoms with Crippen LogP contribution in [-0.2, 0) is 18.4 Å². The van der Waals surface area contributed by atoms with E-state index in [0.717, 1.165) is 11.1 Å². The van der Waals surface area contributed by atoms with Crippen LogP contribution in [0.1, 0.15) is 16.1 Å². The summed E-state index contributed by atoms with van der Waals surface area (Å²) in [5.74, 6) is 0.174. The Kier molecular flexibility index (Phi) is 3.72. The average Bonchev–Trinajstić information content (AvgIpc) is 2.90. The monoisotopic (exact) mass is 304 g/mol. The van der Waals surface area contributed by atoms with Gasteiger partial charge < -0.3 is 19.3 Å². The topological polar surface area (TPSA) is 82.8 Å². The number of benzene rings is 1. The molecule has 22 heavy (non-hydrogen) atoms. The highest BCUT2D eigenvalue weighted by atomic mass is 16.6. The molecule has 0 aliphatic carbocycles. The predicted octanol–water partition coefficient (Wildman–Crippen LogP) is 1.70. The van der Waals surface area contributed by atoms with Crippen LogP contribution in [0.4, 0.5) is 0 Å². The van der Waals surface area contributed by atoms with Crippen molar-refractivity contribution in [2.75, 3.05) is 20.3 Å². The molecule has 0 radical (unpaired) electrons. The lowest BCUT2D eigenvalue weighted by molar-refractivity contribution is 0.0689. The van der Waals surface area contributed by atoms with Gasteiger partial charge in [0.15, 0.2) is 17.2 Å². The maximum atomic E-state index is 11.1. The summed E-state index contributed by atoms with van der Waals surface area (Å²) < 4.78 is 18.2. The SMILES string of the molecule is COCc1ccc(-c2cc(C(=O)O)nn2C)c2c1OCCO2. The van der Waals surface area contributed by atoms with Crippen LogP contribution in [0.25, 0.3) is 11.3 Å². The van der Waals surface area contributed by atoms with Gasteiger partial charge in [-0.15, -0.1) is 0 Å². The molecule has 2 aromatic rings. The first-order valence-corrected chi connectivity index (χ1v) is 6.80. The number of carboxylic acids is 1. The van der Waals surface area contributed by atoms with E-state index in [4.69, 9.17) is 19.3 Å². The molecule has 0 unspecified atom stereocenters. The molecule has 0 saturated heterocycles. The van der Waals surface area contributed by atoms with Crippen LogP contribution in [-0.4, -0.2) is 41.2 Å². The number of ether oxygens (including phenoxy) is 3. The van der Waals surface area contributed by atoms with Gasteiger partial charge in [-0.1, -0.05) is 6.07 Å². The fourth-order valence-electron chi connectivity index (χ4n) is 2.49. The van der Waals surface area contributed by atoms with E-state index in [9.17, 15) is 4.79 Å². The maximum Gasteiger partial charge on any atom is 0.356 e. The Morgan fingerprint density at radius 1 is 1.36 bits per heavy atom. The third-order valence-electron chi connectivity index (χ3n) is 3.44. The van der Waals surface area contributed by atoms with Crippen molar-refractivity contribution in [2.24, 2.45) is 7.05 Å². The molecule has 1 aliphatic rings. The second-order valence-electron chi connectivity index (χ2n) is 4.90. The first kappa shape index (κ1) is 14.4. The highest BCUT2D eigenvalue weighted by Gasteiger charge is 2.23. The van der Waals surface area contributed by atoms with Crippen molar-refractivity contribution in [3.05, 3.63) is 29.5 Å². The first-order valence-electron chi connectivity index (χ1n) is 6.80. The number of methoxy groups -OCH3 is 1. The minimum Gasteiger partial charge on any atom is -0.486 e. The quantitative estimate of drug-likeness (QED) is 0.925. The molecular weight excluding hydrogens is 288 g/mol. The highest BCUT2D eigenvalue weighted by molar-refractivity contribution is 5.87. The molecule has 0 bridgehead atoms. The Hall–Kier alpha value is -2.54. The van der Waals surface area contributed by atoms with Crippen LogP contribution in [0.15, 0.2) is 18.2 Å². The molecule has 1 aromatic carbocycles. The number of hydrogen-bond acceptors (Lipinski definition) is 5. The fourth-order valence-corrected chi connectivity index (χ4v) is 2.49. The Bertz CT molecular complexity index is 723. The molecule has 0 spiro atoms. The molecule has 0 saturated carbocycles. The van der Waals surface area contributed by atoms with Gasteiger partial charge in [0.05, 0.1) is 12.3 Å². The average molecular weight is 304 g/mol. The molecular formula is C15H16N2O5. The molecule has 1 N–H and O–H groups in total. The summed E-state index contributed by atoms with van der Waals surface area (Å²) in [6.07, 6.45) is 0. The smallest absolute Gasteiger partial charge is 0.356 e. The third-order valence-corrected chi connectivity index (χ3v) is 3.44. The van der Waals surface area contributed by atoms with Crippen molar-refractivity contribution in [3.8, 4) is 22.8 Å². The summed E-state index contributed by atoms with van der Waals surface area (Å²) in [5.41, 5.74) is 2.28. The normalized spacial score (nSPS) is 13.2. The van der Waals surface area contributed by atoms with Gasteiger partial charge in [0.2, 0.25) is 0 Å². The number of nitrogens with zero attached hydrogens (tertiary/aromatic N) is 2. The molecule has 7 nitrogen and oxygen atoms in total. The Labute approximate surface area is 127 Å². The summed E-state index contributed by atoms with van der Waals surface area (Å²) >= 11 is 0. The lowest BCUT2D eigenvalue weighted by atomic mass is 10.0. The lowest BCUT2D eigenvalue weighted by Crippen LogP contribution is -2.17. The second-order valence-corrected chi connectivity index (χ2v) is 4.90. The van der Waals surface area contributed by atoms with Gasteiger partial charge in [-0.3, -0.25) is 4.68 Å². The first-order chi connectivity index (χ1) is 10.6. The number of aromatic nitrogens is 2. The van der Waals surface area contributed by atoms with Gasteiger partial charge in [0.25, 0.3) is 0 Å². The molecule has 1 aliphatic heterocycles. The van der Waals surface area contributed by atoms with Crippen molar-refractivity contribution in [2.45, 2.75) is 6.61 Å². The highest BCUT2D eigenvalue weighted by Crippen LogP contribution is 2.42. The van der Waals surface area contributed by atoms with Crippen molar-refractivity contribution in [1.82, 2.24) is 9.78 Å². The molecule has 116 valence electrons. The Morgan fingerprint density at radius 3 is 2.73 bits per heavy atom. The van der Waals surface area contributed by atoms with Gasteiger partial charge >= 0.3 is 5.97 Å². The van der Waals surface area contributed by atoms with Crippen molar-refractivity contribution < 1.29 is 24.1 Å². The van der Waals surface area contributed by atoms with E-state index in [0.29, 0.717) is 37.0 Å². The van der Waals surface area contributed by atoms with Crippen LogP contribution in [0.3, 0.4) is 0 Å². The van der Waals surface area contributed by atoms with Crippen LogP contribution < -0.4 is 9.47 Å². The lowest BCUT2D eigenvalue weighted by Gasteiger charge is -2.23. The van der Waals surface area contributed by atoms with Gasteiger partial charge in [0.1, 0.15) is 13.2 Å². The molecule has 3 rings (SSSR count). The van der Waals surface area contributed by atoms with E-state index in [-0.39, 0.29) is 5.69 Å². The number of fused-ring (bicyclic) bond motifs is 1. The zero-order valence-corrected chi connectivity index (χ0v) is 12.3. The minimum absolute atomic E-state index is 0.0102. The van der Waals surface area contributed by atoms with E-state index in [1.165, 1.54) is 10.7 Å². The van der Waals surface area contributed by atoms with Crippen LogP contribution in [0, 0.1) is 0 Å². The number of rotatable bonds is 4. The van der Waals surface area contributed by atoms with E-state index >= 15 is 0 Å². The van der Waals surface area contributed by atoms with Crippen molar-refractivity contribution in [3.63, 3.8) is 0 Å². The minimum atomic E-state index is -1.07. The number of carbonyl (C=O) groups is 1. The van der Waals surface area contributed by atoms with E-state index < -0.39 is 5.97 Å². The fraction of sp³-hybridized carbons (Fsp3) is 0.333. The van der Waals surface area contributed by atoms with Gasteiger partial charge in [-0.2, -0.15) is 5.10 Å². The second kappa shape index (κ2) is 5.69. The molecule has 7 heteroatoms. The van der Waals surface area contributed by atoms with Gasteiger partial charge in [0, 0.05) is 25.3 Å². The molecule has 2 heterocycles. The van der Waals surface area contributed by atoms with Gasteiger partial charge in [-0.25, -0.2) is 4.79 Å². The van der Waals surface area contributed by atoms with Crippen molar-refractivity contribution >= 4 is 5.97 Å². The zero-order chi connectivity index (χ0) is 15.7. The summed E-state index contributed by atoms with van der Waals surface area (Å²) in [7, 11) is 3.31. The molecule has 0 fully saturated rings. The van der Waals surface area contributed by atoms with Crippen LogP contribution in [0.5, 0.6) is 11.5 Å². The Balaban J connectivity index is 2.13. The zero-order valence-electron chi connectivity index (χ0n) is 12.3. The summed E-state index contributed by atoms with van der Waals surface area (Å²) in [4.78, 5) is 11.1. The number of aromatic carboxylic acids is 1. The molecule has 1 aromatic heterocycles. The Morgan fingerprint density at radius 2 is 2.09 bits per heavy atom. The van der Waals surface area contributed by atoms with Crippen LogP contribution >= 0.6 is 0 Å². The van der Waals surface area contributed by atoms with Crippen molar-refractivity contribution in [1.29, 1.82) is 0 Å². The van der Waals surface area contributed by atoms with Crippen LogP contribution in [0.2, 0.25) is 0 Å². The standard InChI is InChI=1S/C15H16N2O5/c1-17-12(7-11(16-17)15(18)19)10-4-3-9(8-20-2)13-14(10)22-6-5-21-13/h3-4,7H,5-6,8H2,1-2H3,(H,18,19). The number of carboxylic acid groups (broad SMARTS) is 1. The summed E-state index contributed by atoms with van der Waals surface area (Å²) in [6, 6.07) is 5.27.